The molecular weight excluding hydrogens is 612 g/mol. The summed E-state index contributed by atoms with van der Waals surface area (Å²) in [5.74, 6) is -14.5. The highest BCUT2D eigenvalue weighted by Crippen LogP contribution is 2.53. The number of aliphatic hydroxyl groups excluding tert-OH is 2. The second-order valence-electron chi connectivity index (χ2n) is 9.79. The summed E-state index contributed by atoms with van der Waals surface area (Å²) in [5.41, 5.74) is -4.12. The van der Waals surface area contributed by atoms with Crippen LogP contribution in [0.25, 0.3) is 11.1 Å². The first-order chi connectivity index (χ1) is 21.1. The van der Waals surface area contributed by atoms with Gasteiger partial charge in [-0.15, -0.1) is 0 Å². The predicted molar refractivity (Wildman–Crippen MR) is 139 cm³/mol. The molecule has 1 fully saturated rings. The van der Waals surface area contributed by atoms with Gasteiger partial charge in [-0.3, -0.25) is 0 Å². The summed E-state index contributed by atoms with van der Waals surface area (Å²) in [6.45, 7) is -0.947. The van der Waals surface area contributed by atoms with E-state index in [4.69, 9.17) is 18.9 Å². The number of aromatic hydroxyl groups is 9. The van der Waals surface area contributed by atoms with Crippen LogP contribution >= 0.6 is 0 Å². The second-order valence-corrected chi connectivity index (χ2v) is 9.79. The van der Waals surface area contributed by atoms with Crippen molar-refractivity contribution in [1.82, 2.24) is 0 Å². The fourth-order valence-corrected chi connectivity index (χ4v) is 4.71. The molecule has 0 aliphatic carbocycles. The van der Waals surface area contributed by atoms with Gasteiger partial charge in [0.05, 0.1) is 16.7 Å². The lowest BCUT2D eigenvalue weighted by atomic mass is 9.91. The highest BCUT2D eigenvalue weighted by molar-refractivity contribution is 6.08. The number of fused-ring (bicyclic) bond motifs is 5. The van der Waals surface area contributed by atoms with Crippen molar-refractivity contribution in [3.05, 3.63) is 41.0 Å². The molecule has 2 heterocycles. The molecule has 2 aliphatic rings. The molecular formula is C27H22O18. The highest BCUT2D eigenvalue weighted by atomic mass is 16.7. The van der Waals surface area contributed by atoms with E-state index < -0.39 is 135 Å². The Hall–Kier alpha value is -5.85. The standard InChI is InChI=1S/C27H22O18/c28-9-1-6(2-10(29)16(9)32)24(39)45-27-22(38)23-19(35)13(43-27)5-42-25(40)7-3-11(30)17(33)20(36)14(7)15-8(26(41)44-23)4-12(31)18(34)21(15)37/h1-4,13,19,22-23,27-38H,5H2/t13-,19-,22+,23+,27-/m0/s1. The molecule has 0 unspecified atom stereocenters. The first-order valence-corrected chi connectivity index (χ1v) is 12.5. The molecule has 0 spiro atoms. The number of cyclic esters (lactones) is 1. The molecule has 18 heteroatoms. The maximum Gasteiger partial charge on any atom is 0.340 e. The number of rotatable bonds is 2. The van der Waals surface area contributed by atoms with Gasteiger partial charge in [0.2, 0.25) is 17.8 Å². The molecule has 11 N–H and O–H groups in total. The molecule has 0 saturated carbocycles. The van der Waals surface area contributed by atoms with Crippen LogP contribution in [0.2, 0.25) is 0 Å². The summed E-state index contributed by atoms with van der Waals surface area (Å²) in [6, 6.07) is 2.45. The number of ether oxygens (including phenoxy) is 4. The largest absolute Gasteiger partial charge is 0.504 e. The van der Waals surface area contributed by atoms with Crippen molar-refractivity contribution in [2.75, 3.05) is 6.61 Å². The van der Waals surface area contributed by atoms with Crippen LogP contribution < -0.4 is 0 Å². The number of phenols is 9. The van der Waals surface area contributed by atoms with E-state index in [1.54, 1.807) is 0 Å². The number of carbonyl (C=O) groups excluding carboxylic acids is 3. The zero-order valence-electron chi connectivity index (χ0n) is 22.2. The van der Waals surface area contributed by atoms with Crippen molar-refractivity contribution in [1.29, 1.82) is 0 Å². The number of carbonyl (C=O) groups is 3. The lowest BCUT2D eigenvalue weighted by molar-refractivity contribution is -0.284. The fraction of sp³-hybridized carbons (Fsp3) is 0.222. The molecule has 45 heavy (non-hydrogen) atoms. The van der Waals surface area contributed by atoms with E-state index >= 15 is 0 Å². The summed E-state index contributed by atoms with van der Waals surface area (Å²) >= 11 is 0. The lowest BCUT2D eigenvalue weighted by Gasteiger charge is -2.41. The summed E-state index contributed by atoms with van der Waals surface area (Å²) in [6.07, 6.45) is -10.2. The first kappa shape index (κ1) is 30.6. The maximum atomic E-state index is 13.5. The highest BCUT2D eigenvalue weighted by Gasteiger charge is 2.50. The van der Waals surface area contributed by atoms with Gasteiger partial charge in [-0.25, -0.2) is 14.4 Å². The Morgan fingerprint density at radius 2 is 1.16 bits per heavy atom. The number of benzene rings is 3. The van der Waals surface area contributed by atoms with Crippen LogP contribution in [0.3, 0.4) is 0 Å². The van der Waals surface area contributed by atoms with Gasteiger partial charge in [-0.2, -0.15) is 0 Å². The van der Waals surface area contributed by atoms with E-state index in [0.29, 0.717) is 24.3 Å². The second kappa shape index (κ2) is 11.0. The molecule has 1 saturated heterocycles. The van der Waals surface area contributed by atoms with Gasteiger partial charge in [-0.1, -0.05) is 0 Å². The Labute approximate surface area is 248 Å². The predicted octanol–water partition coefficient (Wildman–Crippen LogP) is -0.297. The van der Waals surface area contributed by atoms with Crippen LogP contribution in [-0.2, 0) is 18.9 Å². The van der Waals surface area contributed by atoms with E-state index in [-0.39, 0.29) is 0 Å². The molecule has 2 aliphatic heterocycles. The zero-order chi connectivity index (χ0) is 33.1. The summed E-state index contributed by atoms with van der Waals surface area (Å²) < 4.78 is 20.8. The summed E-state index contributed by atoms with van der Waals surface area (Å²) in [7, 11) is 0. The Bertz CT molecular complexity index is 1730. The van der Waals surface area contributed by atoms with Crippen LogP contribution in [0.15, 0.2) is 24.3 Å². The lowest BCUT2D eigenvalue weighted by Crippen LogP contribution is -2.61. The van der Waals surface area contributed by atoms with Crippen molar-refractivity contribution in [2.45, 2.75) is 30.7 Å². The summed E-state index contributed by atoms with van der Waals surface area (Å²) in [5, 5.41) is 113. The quantitative estimate of drug-likeness (QED) is 0.0979. The van der Waals surface area contributed by atoms with Crippen LogP contribution in [0.1, 0.15) is 31.1 Å². The SMILES string of the molecule is O=C(O[C@@H]1O[C@H]2COC(=O)c3cc(O)c(O)c(O)c3-c3c(cc(O)c(O)c3O)C(=O)O[C@H]([C@H]2O)[C@H]1O)c1cc(O)c(O)c(O)c1. The van der Waals surface area contributed by atoms with Crippen molar-refractivity contribution in [2.24, 2.45) is 0 Å². The number of esters is 3. The monoisotopic (exact) mass is 634 g/mol. The number of hydrogen-bond acceptors (Lipinski definition) is 18. The molecule has 2 bridgehead atoms. The fourth-order valence-electron chi connectivity index (χ4n) is 4.71. The average molecular weight is 634 g/mol. The van der Waals surface area contributed by atoms with Gasteiger partial charge < -0.3 is 75.1 Å². The van der Waals surface area contributed by atoms with Gasteiger partial charge in [0, 0.05) is 11.1 Å². The van der Waals surface area contributed by atoms with Crippen LogP contribution in [0.5, 0.6) is 51.7 Å². The maximum absolute atomic E-state index is 13.5. The van der Waals surface area contributed by atoms with Gasteiger partial charge >= 0.3 is 17.9 Å². The van der Waals surface area contributed by atoms with E-state index in [0.717, 1.165) is 0 Å². The van der Waals surface area contributed by atoms with Crippen LogP contribution in [-0.4, -0.2) is 111 Å². The third kappa shape index (κ3) is 5.07. The number of aliphatic hydroxyl groups is 2. The van der Waals surface area contributed by atoms with Crippen molar-refractivity contribution in [3.8, 4) is 62.9 Å². The van der Waals surface area contributed by atoms with Crippen LogP contribution in [0, 0.1) is 0 Å². The van der Waals surface area contributed by atoms with E-state index in [9.17, 15) is 70.6 Å². The van der Waals surface area contributed by atoms with Gasteiger partial charge in [0.25, 0.3) is 0 Å². The molecule has 18 nitrogen and oxygen atoms in total. The molecule has 0 amide bonds. The number of hydrogen-bond donors (Lipinski definition) is 11. The first-order valence-electron chi connectivity index (χ1n) is 12.5. The van der Waals surface area contributed by atoms with Gasteiger partial charge in [-0.05, 0) is 24.3 Å². The minimum absolute atomic E-state index is 0.508. The Morgan fingerprint density at radius 3 is 1.69 bits per heavy atom. The van der Waals surface area contributed by atoms with Crippen molar-refractivity contribution >= 4 is 17.9 Å². The summed E-state index contributed by atoms with van der Waals surface area (Å²) in [4.78, 5) is 39.4. The molecule has 5 rings (SSSR count). The number of phenolic OH excluding ortho intramolecular Hbond substituents is 9. The van der Waals surface area contributed by atoms with Crippen molar-refractivity contribution < 1.29 is 89.5 Å². The molecule has 0 aromatic heterocycles. The Morgan fingerprint density at radius 1 is 0.667 bits per heavy atom. The molecule has 0 radical (unpaired) electrons. The van der Waals surface area contributed by atoms with Crippen molar-refractivity contribution in [3.63, 3.8) is 0 Å². The molecule has 238 valence electrons. The van der Waals surface area contributed by atoms with E-state index in [1.165, 1.54) is 0 Å². The van der Waals surface area contributed by atoms with Gasteiger partial charge in [0.15, 0.2) is 52.5 Å². The normalized spacial score (nSPS) is 22.9. The topological polar surface area (TPSA) is 311 Å². The average Bonchev–Trinajstić information content (AvgIpc) is 2.99. The Balaban J connectivity index is 1.61. The zero-order valence-corrected chi connectivity index (χ0v) is 22.2. The van der Waals surface area contributed by atoms with Crippen LogP contribution in [0.4, 0.5) is 0 Å². The molecule has 3 aromatic rings. The smallest absolute Gasteiger partial charge is 0.340 e. The minimum atomic E-state index is -2.22. The van der Waals surface area contributed by atoms with Gasteiger partial charge in [0.1, 0.15) is 18.8 Å². The molecule has 3 aromatic carbocycles. The van der Waals surface area contributed by atoms with E-state index in [2.05, 4.69) is 0 Å². The third-order valence-electron chi connectivity index (χ3n) is 6.99. The van der Waals surface area contributed by atoms with E-state index in [1.807, 2.05) is 0 Å². The third-order valence-corrected chi connectivity index (χ3v) is 6.99. The Kier molecular flexibility index (Phi) is 7.49. The minimum Gasteiger partial charge on any atom is -0.504 e. The molecule has 5 atom stereocenters.